The van der Waals surface area contributed by atoms with E-state index in [0.29, 0.717) is 0 Å². The number of imidazole rings is 1. The summed E-state index contributed by atoms with van der Waals surface area (Å²) in [6.45, 7) is 4.54. The molecule has 3 aromatic heterocycles. The number of pyridine rings is 1. The number of nitrogens with zero attached hydrogens (tertiary/aromatic N) is 4. The lowest BCUT2D eigenvalue weighted by atomic mass is 9.78. The third-order valence-corrected chi connectivity index (χ3v) is 9.82. The van der Waals surface area contributed by atoms with Crippen molar-refractivity contribution in [3.8, 4) is 34.1 Å². The highest BCUT2D eigenvalue weighted by molar-refractivity contribution is 6.10. The van der Waals surface area contributed by atoms with Gasteiger partial charge in [-0.3, -0.25) is 9.13 Å². The van der Waals surface area contributed by atoms with E-state index in [4.69, 9.17) is 9.72 Å². The molecule has 5 nitrogen and oxygen atoms in total. The Balaban J connectivity index is 1.18. The van der Waals surface area contributed by atoms with Gasteiger partial charge in [0.1, 0.15) is 23.6 Å². The van der Waals surface area contributed by atoms with Crippen LogP contribution in [0.15, 0.2) is 170 Å². The molecule has 9 rings (SSSR count). The summed E-state index contributed by atoms with van der Waals surface area (Å²) in [5, 5.41) is 2.30. The third kappa shape index (κ3) is 5.11. The Morgan fingerprint density at radius 1 is 0.520 bits per heavy atom. The van der Waals surface area contributed by atoms with E-state index in [0.717, 1.165) is 55.8 Å². The quantitative estimate of drug-likeness (QED) is 0.173. The summed E-state index contributed by atoms with van der Waals surface area (Å²) in [5.74, 6) is 2.36. The number of hydrogen-bond donors (Lipinski definition) is 0. The average molecular weight is 647 g/mol. The van der Waals surface area contributed by atoms with Gasteiger partial charge in [0, 0.05) is 34.5 Å². The second-order valence-electron chi connectivity index (χ2n) is 13.2. The summed E-state index contributed by atoms with van der Waals surface area (Å²) in [6.07, 6.45) is 3.79. The number of hydrogen-bond acceptors (Lipinski definition) is 3. The van der Waals surface area contributed by atoms with Gasteiger partial charge in [0.2, 0.25) is 0 Å². The maximum atomic E-state index is 6.59. The van der Waals surface area contributed by atoms with Crippen LogP contribution in [0.5, 0.6) is 11.5 Å². The Kier molecular flexibility index (Phi) is 7.06. The molecule has 0 aliphatic heterocycles. The Bertz CT molecular complexity index is 2650. The van der Waals surface area contributed by atoms with E-state index in [-0.39, 0.29) is 5.41 Å². The summed E-state index contributed by atoms with van der Waals surface area (Å²) in [4.78, 5) is 9.54. The van der Waals surface area contributed by atoms with Gasteiger partial charge in [0.25, 0.3) is 0 Å². The van der Waals surface area contributed by atoms with Gasteiger partial charge in [-0.15, -0.1) is 0 Å². The van der Waals surface area contributed by atoms with Crippen LogP contribution in [0.4, 0.5) is 0 Å². The largest absolute Gasteiger partial charge is 0.457 e. The SMILES string of the molecule is CC(C)(c1ccccc1)c1ccnc(-n2c3ccc(-c4ccccc4)cc3c3ccc(Oc4cccc(-n5cnc6ccccc65)c4)cc32)c1. The molecule has 6 aromatic carbocycles. The summed E-state index contributed by atoms with van der Waals surface area (Å²) < 4.78 is 10.9. The van der Waals surface area contributed by atoms with Crippen molar-refractivity contribution in [3.63, 3.8) is 0 Å². The molecular weight excluding hydrogens is 613 g/mol. The Morgan fingerprint density at radius 3 is 2.16 bits per heavy atom. The van der Waals surface area contributed by atoms with Crippen molar-refractivity contribution in [1.29, 1.82) is 0 Å². The first kappa shape index (κ1) is 29.7. The van der Waals surface area contributed by atoms with E-state index in [2.05, 4.69) is 155 Å². The maximum absolute atomic E-state index is 6.59. The zero-order valence-electron chi connectivity index (χ0n) is 27.9. The van der Waals surface area contributed by atoms with E-state index in [1.807, 2.05) is 42.9 Å². The molecule has 0 radical (unpaired) electrons. The molecule has 0 spiro atoms. The molecule has 0 atom stereocenters. The van der Waals surface area contributed by atoms with Crippen molar-refractivity contribution in [1.82, 2.24) is 19.1 Å². The Labute approximate surface area is 290 Å². The summed E-state index contributed by atoms with van der Waals surface area (Å²) in [7, 11) is 0. The van der Waals surface area contributed by atoms with Crippen molar-refractivity contribution in [2.45, 2.75) is 19.3 Å². The van der Waals surface area contributed by atoms with Gasteiger partial charge in [0.15, 0.2) is 0 Å². The molecule has 0 bridgehead atoms. The van der Waals surface area contributed by atoms with Gasteiger partial charge < -0.3 is 4.74 Å². The van der Waals surface area contributed by atoms with Gasteiger partial charge in [-0.25, -0.2) is 9.97 Å². The lowest BCUT2D eigenvalue weighted by Gasteiger charge is -2.26. The summed E-state index contributed by atoms with van der Waals surface area (Å²) >= 11 is 0. The molecular formula is C45H34N4O. The first-order valence-corrected chi connectivity index (χ1v) is 16.9. The van der Waals surface area contributed by atoms with Crippen molar-refractivity contribution < 1.29 is 4.74 Å². The fourth-order valence-corrected chi connectivity index (χ4v) is 7.07. The third-order valence-electron chi connectivity index (χ3n) is 9.82. The maximum Gasteiger partial charge on any atom is 0.137 e. The van der Waals surface area contributed by atoms with E-state index in [1.165, 1.54) is 22.3 Å². The molecule has 9 aromatic rings. The van der Waals surface area contributed by atoms with Crippen molar-refractivity contribution in [2.75, 3.05) is 0 Å². The first-order valence-electron chi connectivity index (χ1n) is 16.9. The molecule has 0 fully saturated rings. The highest BCUT2D eigenvalue weighted by Crippen LogP contribution is 2.39. The number of aromatic nitrogens is 4. The molecule has 0 aliphatic rings. The predicted octanol–water partition coefficient (Wildman–Crippen LogP) is 11.3. The zero-order chi connectivity index (χ0) is 33.7. The van der Waals surface area contributed by atoms with Gasteiger partial charge >= 0.3 is 0 Å². The number of rotatable bonds is 7. The number of para-hydroxylation sites is 2. The van der Waals surface area contributed by atoms with Crippen LogP contribution >= 0.6 is 0 Å². The molecule has 50 heavy (non-hydrogen) atoms. The minimum Gasteiger partial charge on any atom is -0.457 e. The second-order valence-corrected chi connectivity index (χ2v) is 13.2. The lowest BCUT2D eigenvalue weighted by molar-refractivity contribution is 0.483. The highest BCUT2D eigenvalue weighted by Gasteiger charge is 2.24. The van der Waals surface area contributed by atoms with E-state index in [1.54, 1.807) is 0 Å². The fraction of sp³-hybridized carbons (Fsp3) is 0.0667. The number of benzene rings is 6. The van der Waals surface area contributed by atoms with Crippen LogP contribution < -0.4 is 4.74 Å². The van der Waals surface area contributed by atoms with Crippen LogP contribution in [0, 0.1) is 0 Å². The topological polar surface area (TPSA) is 44.9 Å². The zero-order valence-corrected chi connectivity index (χ0v) is 27.9. The van der Waals surface area contributed by atoms with Gasteiger partial charge in [0.05, 0.1) is 27.8 Å². The Hall–Kier alpha value is -6.46. The van der Waals surface area contributed by atoms with Gasteiger partial charge in [-0.05, 0) is 82.9 Å². The van der Waals surface area contributed by atoms with Crippen LogP contribution in [0.3, 0.4) is 0 Å². The normalized spacial score (nSPS) is 11.8. The van der Waals surface area contributed by atoms with E-state index < -0.39 is 0 Å². The molecule has 0 saturated heterocycles. The van der Waals surface area contributed by atoms with Crippen LogP contribution in [0.2, 0.25) is 0 Å². The summed E-state index contributed by atoms with van der Waals surface area (Å²) in [5.41, 5.74) is 9.72. The van der Waals surface area contributed by atoms with Crippen LogP contribution in [0.1, 0.15) is 25.0 Å². The van der Waals surface area contributed by atoms with Crippen LogP contribution in [-0.4, -0.2) is 19.1 Å². The van der Waals surface area contributed by atoms with Gasteiger partial charge in [-0.1, -0.05) is 98.8 Å². The van der Waals surface area contributed by atoms with Crippen LogP contribution in [-0.2, 0) is 5.41 Å². The summed E-state index contributed by atoms with van der Waals surface area (Å²) in [6, 6.07) is 54.9. The molecule has 0 saturated carbocycles. The minimum absolute atomic E-state index is 0.210. The van der Waals surface area contributed by atoms with Crippen molar-refractivity contribution in [2.24, 2.45) is 0 Å². The first-order chi connectivity index (χ1) is 24.5. The monoisotopic (exact) mass is 646 g/mol. The molecule has 240 valence electrons. The van der Waals surface area contributed by atoms with Crippen LogP contribution in [0.25, 0.3) is 55.5 Å². The second kappa shape index (κ2) is 11.9. The molecule has 5 heteroatoms. The predicted molar refractivity (Wildman–Crippen MR) is 204 cm³/mol. The van der Waals surface area contributed by atoms with Crippen molar-refractivity contribution >= 4 is 32.8 Å². The minimum atomic E-state index is -0.210. The number of ether oxygens (including phenoxy) is 1. The number of fused-ring (bicyclic) bond motifs is 4. The van der Waals surface area contributed by atoms with E-state index >= 15 is 0 Å². The fourth-order valence-electron chi connectivity index (χ4n) is 7.07. The lowest BCUT2D eigenvalue weighted by Crippen LogP contribution is -2.19. The van der Waals surface area contributed by atoms with Crippen molar-refractivity contribution in [3.05, 3.63) is 181 Å². The molecule has 0 N–H and O–H groups in total. The Morgan fingerprint density at radius 2 is 1.30 bits per heavy atom. The standard InChI is InChI=1S/C45H34N4O/c1-45(2,33-14-7-4-8-15-33)34-24-25-46-44(27-34)49-41-23-20-32(31-12-5-3-6-13-31)26-39(41)38-22-21-37(29-43(38)49)50-36-17-11-16-35(28-36)48-30-47-40-18-9-10-19-42(40)48/h3-30H,1-2H3. The molecule has 0 unspecified atom stereocenters. The highest BCUT2D eigenvalue weighted by atomic mass is 16.5. The molecule has 3 heterocycles. The van der Waals surface area contributed by atoms with Gasteiger partial charge in [-0.2, -0.15) is 0 Å². The average Bonchev–Trinajstić information content (AvgIpc) is 3.75. The van der Waals surface area contributed by atoms with E-state index in [9.17, 15) is 0 Å². The molecule has 0 aliphatic carbocycles. The smallest absolute Gasteiger partial charge is 0.137 e. The molecule has 0 amide bonds.